The first-order valence-corrected chi connectivity index (χ1v) is 2.94. The zero-order valence-corrected chi connectivity index (χ0v) is 4.80. The van der Waals surface area contributed by atoms with E-state index < -0.39 is 0 Å². The molecular formula is C6H11NO. The van der Waals surface area contributed by atoms with E-state index in [2.05, 4.69) is 11.4 Å². The van der Waals surface area contributed by atoms with Crippen molar-refractivity contribution in [1.29, 1.82) is 0 Å². The lowest BCUT2D eigenvalue weighted by molar-refractivity contribution is 0.262. The Labute approximate surface area is 49.2 Å². The highest BCUT2D eigenvalue weighted by Crippen LogP contribution is 1.94. The molecule has 1 atom stereocenters. The molecule has 8 heavy (non-hydrogen) atoms. The average Bonchev–Trinajstić information content (AvgIpc) is 1.90. The van der Waals surface area contributed by atoms with Crippen LogP contribution >= 0.6 is 0 Å². The second-order valence-electron chi connectivity index (χ2n) is 1.96. The molecule has 0 amide bonds. The summed E-state index contributed by atoms with van der Waals surface area (Å²) in [5.41, 5.74) is 0. The highest BCUT2D eigenvalue weighted by molar-refractivity contribution is 4.97. The molecule has 0 aromatic rings. The number of aliphatic hydroxyl groups is 1. The predicted molar refractivity (Wildman–Crippen MR) is 32.6 cm³/mol. The van der Waals surface area contributed by atoms with Gasteiger partial charge in [-0.25, -0.2) is 0 Å². The van der Waals surface area contributed by atoms with Crippen molar-refractivity contribution in [3.63, 3.8) is 0 Å². The number of hydrogen-bond acceptors (Lipinski definition) is 2. The molecule has 0 aromatic heterocycles. The summed E-state index contributed by atoms with van der Waals surface area (Å²) in [6.07, 6.45) is 5.19. The van der Waals surface area contributed by atoms with Gasteiger partial charge in [0.2, 0.25) is 0 Å². The topological polar surface area (TPSA) is 32.3 Å². The van der Waals surface area contributed by atoms with Gasteiger partial charge in [-0.2, -0.15) is 0 Å². The lowest BCUT2D eigenvalue weighted by Gasteiger charge is -2.14. The van der Waals surface area contributed by atoms with Crippen LogP contribution in [0.1, 0.15) is 6.42 Å². The molecule has 0 saturated carbocycles. The Balaban J connectivity index is 2.32. The average molecular weight is 113 g/mol. The first kappa shape index (κ1) is 5.79. The lowest BCUT2D eigenvalue weighted by Crippen LogP contribution is -2.33. The van der Waals surface area contributed by atoms with E-state index in [4.69, 9.17) is 5.11 Å². The molecule has 1 heterocycles. The fourth-order valence-corrected chi connectivity index (χ4v) is 0.806. The third-order valence-electron chi connectivity index (χ3n) is 1.28. The van der Waals surface area contributed by atoms with Crippen LogP contribution in [0.5, 0.6) is 0 Å². The zero-order valence-electron chi connectivity index (χ0n) is 4.80. The van der Waals surface area contributed by atoms with Crippen molar-refractivity contribution in [1.82, 2.24) is 5.32 Å². The number of aliphatic hydroxyl groups excluding tert-OH is 1. The van der Waals surface area contributed by atoms with Crippen LogP contribution in [0, 0.1) is 0 Å². The van der Waals surface area contributed by atoms with E-state index in [1.165, 1.54) is 0 Å². The molecule has 1 unspecified atom stereocenters. The van der Waals surface area contributed by atoms with Crippen LogP contribution in [0.25, 0.3) is 0 Å². The van der Waals surface area contributed by atoms with Crippen LogP contribution in [0.2, 0.25) is 0 Å². The van der Waals surface area contributed by atoms with Crippen molar-refractivity contribution in [2.24, 2.45) is 0 Å². The third-order valence-corrected chi connectivity index (χ3v) is 1.28. The maximum Gasteiger partial charge on any atom is 0.0620 e. The summed E-state index contributed by atoms with van der Waals surface area (Å²) in [6.45, 7) is 1.22. The van der Waals surface area contributed by atoms with Gasteiger partial charge in [0, 0.05) is 6.04 Å². The van der Waals surface area contributed by atoms with Crippen LogP contribution in [0.15, 0.2) is 12.2 Å². The standard InChI is InChI=1S/C6H11NO/c8-5-6-3-1-2-4-7-6/h1,3,6-8H,2,4-5H2. The normalized spacial score (nSPS) is 28.4. The van der Waals surface area contributed by atoms with Gasteiger partial charge in [0.1, 0.15) is 0 Å². The first-order valence-electron chi connectivity index (χ1n) is 2.94. The molecule has 0 bridgehead atoms. The van der Waals surface area contributed by atoms with Crippen molar-refractivity contribution in [2.45, 2.75) is 12.5 Å². The summed E-state index contributed by atoms with van der Waals surface area (Å²) >= 11 is 0. The fourth-order valence-electron chi connectivity index (χ4n) is 0.806. The second-order valence-corrected chi connectivity index (χ2v) is 1.96. The van der Waals surface area contributed by atoms with Gasteiger partial charge in [-0.05, 0) is 13.0 Å². The van der Waals surface area contributed by atoms with E-state index in [0.717, 1.165) is 13.0 Å². The monoisotopic (exact) mass is 113 g/mol. The van der Waals surface area contributed by atoms with Crippen LogP contribution in [-0.2, 0) is 0 Å². The van der Waals surface area contributed by atoms with E-state index in [9.17, 15) is 0 Å². The molecule has 0 spiro atoms. The van der Waals surface area contributed by atoms with Crippen molar-refractivity contribution in [2.75, 3.05) is 13.2 Å². The highest BCUT2D eigenvalue weighted by Gasteiger charge is 2.02. The number of rotatable bonds is 1. The Hall–Kier alpha value is -0.340. The van der Waals surface area contributed by atoms with Crippen LogP contribution in [0.3, 0.4) is 0 Å². The molecule has 0 aliphatic carbocycles. The molecular weight excluding hydrogens is 102 g/mol. The smallest absolute Gasteiger partial charge is 0.0620 e. The summed E-state index contributed by atoms with van der Waals surface area (Å²) in [5, 5.41) is 11.7. The molecule has 0 aromatic carbocycles. The van der Waals surface area contributed by atoms with E-state index in [0.29, 0.717) is 0 Å². The van der Waals surface area contributed by atoms with Gasteiger partial charge in [0.15, 0.2) is 0 Å². The van der Waals surface area contributed by atoms with Gasteiger partial charge in [-0.3, -0.25) is 0 Å². The minimum Gasteiger partial charge on any atom is -0.394 e. The third kappa shape index (κ3) is 1.32. The van der Waals surface area contributed by atoms with Crippen LogP contribution < -0.4 is 5.32 Å². The van der Waals surface area contributed by atoms with Gasteiger partial charge in [0.25, 0.3) is 0 Å². The van der Waals surface area contributed by atoms with E-state index >= 15 is 0 Å². The number of hydrogen-bond donors (Lipinski definition) is 2. The minimum atomic E-state index is 0.212. The van der Waals surface area contributed by atoms with Gasteiger partial charge in [-0.1, -0.05) is 12.2 Å². The van der Waals surface area contributed by atoms with Crippen molar-refractivity contribution in [3.05, 3.63) is 12.2 Å². The Bertz CT molecular complexity index is 90.5. The summed E-state index contributed by atoms with van der Waals surface area (Å²) in [4.78, 5) is 0. The molecule has 1 aliphatic rings. The predicted octanol–water partition coefficient (Wildman–Crippen LogP) is -0.103. The maximum absolute atomic E-state index is 8.58. The van der Waals surface area contributed by atoms with Crippen molar-refractivity contribution in [3.8, 4) is 0 Å². The molecule has 0 fully saturated rings. The molecule has 2 nitrogen and oxygen atoms in total. The van der Waals surface area contributed by atoms with Gasteiger partial charge >= 0.3 is 0 Å². The minimum absolute atomic E-state index is 0.212. The fraction of sp³-hybridized carbons (Fsp3) is 0.667. The second kappa shape index (κ2) is 2.84. The highest BCUT2D eigenvalue weighted by atomic mass is 16.3. The molecule has 0 saturated heterocycles. The maximum atomic E-state index is 8.58. The molecule has 46 valence electrons. The van der Waals surface area contributed by atoms with Gasteiger partial charge < -0.3 is 10.4 Å². The summed E-state index contributed by atoms with van der Waals surface area (Å²) < 4.78 is 0. The quantitative estimate of drug-likeness (QED) is 0.465. The molecule has 0 radical (unpaired) electrons. The van der Waals surface area contributed by atoms with Crippen LogP contribution in [0.4, 0.5) is 0 Å². The number of nitrogens with one attached hydrogen (secondary N) is 1. The van der Waals surface area contributed by atoms with E-state index in [1.807, 2.05) is 6.08 Å². The van der Waals surface area contributed by atoms with Crippen molar-refractivity contribution < 1.29 is 5.11 Å². The summed E-state index contributed by atoms with van der Waals surface area (Å²) in [5.74, 6) is 0. The first-order chi connectivity index (χ1) is 3.93. The Kier molecular flexibility index (Phi) is 2.06. The van der Waals surface area contributed by atoms with E-state index in [-0.39, 0.29) is 12.6 Å². The summed E-state index contributed by atoms with van der Waals surface area (Å²) in [6, 6.07) is 0.212. The van der Waals surface area contributed by atoms with Gasteiger partial charge in [0.05, 0.1) is 6.61 Å². The Morgan fingerprint density at radius 2 is 2.62 bits per heavy atom. The van der Waals surface area contributed by atoms with Gasteiger partial charge in [-0.15, -0.1) is 0 Å². The molecule has 1 rings (SSSR count). The summed E-state index contributed by atoms with van der Waals surface area (Å²) in [7, 11) is 0. The van der Waals surface area contributed by atoms with Crippen molar-refractivity contribution >= 4 is 0 Å². The zero-order chi connectivity index (χ0) is 5.82. The van der Waals surface area contributed by atoms with Crippen LogP contribution in [-0.4, -0.2) is 24.3 Å². The molecule has 1 aliphatic heterocycles. The lowest BCUT2D eigenvalue weighted by atomic mass is 10.2. The Morgan fingerprint density at radius 3 is 3.00 bits per heavy atom. The molecule has 2 N–H and O–H groups in total. The molecule has 2 heteroatoms. The largest absolute Gasteiger partial charge is 0.394 e. The van der Waals surface area contributed by atoms with E-state index in [1.54, 1.807) is 0 Å². The SMILES string of the molecule is OCC1C=CCCN1. The Morgan fingerprint density at radius 1 is 1.75 bits per heavy atom.